The largest absolute Gasteiger partial charge is 0.494 e. The van der Waals surface area contributed by atoms with Crippen molar-refractivity contribution in [1.29, 1.82) is 5.26 Å². The maximum atomic E-state index is 12.8. The Labute approximate surface area is 234 Å². The highest BCUT2D eigenvalue weighted by Crippen LogP contribution is 2.55. The van der Waals surface area contributed by atoms with Crippen molar-refractivity contribution in [2.45, 2.75) is 59.1 Å². The first kappa shape index (κ1) is 30.1. The van der Waals surface area contributed by atoms with Crippen LogP contribution in [0.15, 0.2) is 42.5 Å². The van der Waals surface area contributed by atoms with E-state index in [0.717, 1.165) is 19.3 Å². The molecule has 0 spiro atoms. The van der Waals surface area contributed by atoms with Crippen LogP contribution >= 0.6 is 11.6 Å². The van der Waals surface area contributed by atoms with E-state index >= 15 is 0 Å². The summed E-state index contributed by atoms with van der Waals surface area (Å²) in [5, 5.41) is 24.0. The number of rotatable bonds is 13. The van der Waals surface area contributed by atoms with Crippen molar-refractivity contribution in [2.75, 3.05) is 25.1 Å². The van der Waals surface area contributed by atoms with Crippen LogP contribution < -0.4 is 20.1 Å². The second kappa shape index (κ2) is 13.0. The van der Waals surface area contributed by atoms with Gasteiger partial charge in [-0.25, -0.2) is 9.59 Å². The summed E-state index contributed by atoms with van der Waals surface area (Å²) in [5.41, 5.74) is 0.317. The lowest BCUT2D eigenvalue weighted by atomic mass is 9.49. The number of urea groups is 1. The number of carboxylic acid groups (broad SMARTS) is 1. The lowest BCUT2D eigenvalue weighted by Gasteiger charge is -2.63. The van der Waals surface area contributed by atoms with Crippen LogP contribution in [0.5, 0.6) is 11.5 Å². The lowest BCUT2D eigenvalue weighted by molar-refractivity contribution is -0.163. The summed E-state index contributed by atoms with van der Waals surface area (Å²) in [6, 6.07) is 13.8. The molecule has 9 nitrogen and oxygen atoms in total. The Morgan fingerprint density at radius 2 is 1.64 bits per heavy atom. The van der Waals surface area contributed by atoms with Gasteiger partial charge >= 0.3 is 12.0 Å². The third-order valence-corrected chi connectivity index (χ3v) is 7.28. The van der Waals surface area contributed by atoms with E-state index in [9.17, 15) is 9.59 Å². The highest BCUT2D eigenvalue weighted by molar-refractivity contribution is 6.31. The van der Waals surface area contributed by atoms with Gasteiger partial charge in [-0.15, -0.1) is 0 Å². The van der Waals surface area contributed by atoms with Gasteiger partial charge in [0.15, 0.2) is 0 Å². The van der Waals surface area contributed by atoms with Crippen LogP contribution in [0.3, 0.4) is 0 Å². The summed E-state index contributed by atoms with van der Waals surface area (Å²) in [5.74, 6) is 0.322. The van der Waals surface area contributed by atoms with Crippen molar-refractivity contribution >= 4 is 29.3 Å². The highest BCUT2D eigenvalue weighted by Gasteiger charge is 2.64. The lowest BCUT2D eigenvalue weighted by Crippen LogP contribution is -2.75. The molecular formula is C29H36ClN3O6. The van der Waals surface area contributed by atoms with Gasteiger partial charge in [0, 0.05) is 35.2 Å². The summed E-state index contributed by atoms with van der Waals surface area (Å²) in [6.45, 7) is 8.89. The molecule has 1 fully saturated rings. The van der Waals surface area contributed by atoms with E-state index in [4.69, 9.17) is 36.2 Å². The number of carbonyl (C=O) groups excluding carboxylic acids is 1. The van der Waals surface area contributed by atoms with Crippen LogP contribution in [-0.4, -0.2) is 49.1 Å². The van der Waals surface area contributed by atoms with Crippen LogP contribution in [0.4, 0.5) is 10.5 Å². The second-order valence-corrected chi connectivity index (χ2v) is 11.2. The smallest absolute Gasteiger partial charge is 0.329 e. The summed E-state index contributed by atoms with van der Waals surface area (Å²) in [4.78, 5) is 23.2. The first-order chi connectivity index (χ1) is 18.4. The summed E-state index contributed by atoms with van der Waals surface area (Å²) in [7, 11) is 0. The molecule has 2 amide bonds. The molecule has 1 saturated carbocycles. The van der Waals surface area contributed by atoms with E-state index in [0.29, 0.717) is 41.0 Å². The molecular weight excluding hydrogens is 522 g/mol. The van der Waals surface area contributed by atoms with E-state index in [1.54, 1.807) is 42.5 Å². The first-order valence-electron chi connectivity index (χ1n) is 12.9. The fourth-order valence-corrected chi connectivity index (χ4v) is 5.57. The van der Waals surface area contributed by atoms with Gasteiger partial charge in [-0.2, -0.15) is 5.26 Å². The number of anilines is 1. The van der Waals surface area contributed by atoms with E-state index < -0.39 is 5.97 Å². The monoisotopic (exact) mass is 557 g/mol. The molecule has 10 heteroatoms. The Morgan fingerprint density at radius 3 is 2.26 bits per heavy atom. The molecule has 39 heavy (non-hydrogen) atoms. The van der Waals surface area contributed by atoms with Crippen LogP contribution in [0.1, 0.15) is 52.5 Å². The average molecular weight is 558 g/mol. The number of aliphatic carboxylic acids is 1. The summed E-state index contributed by atoms with van der Waals surface area (Å²) < 4.78 is 17.0. The maximum Gasteiger partial charge on any atom is 0.329 e. The molecule has 0 aromatic heterocycles. The minimum absolute atomic E-state index is 0.152. The Morgan fingerprint density at radius 1 is 1.00 bits per heavy atom. The number of amides is 2. The molecule has 0 bridgehead atoms. The third kappa shape index (κ3) is 7.78. The van der Waals surface area contributed by atoms with Crippen molar-refractivity contribution < 1.29 is 28.9 Å². The Hall–Kier alpha value is -3.48. The predicted octanol–water partition coefficient (Wildman–Crippen LogP) is 5.87. The van der Waals surface area contributed by atoms with Crippen molar-refractivity contribution in [1.82, 2.24) is 5.32 Å². The molecule has 0 saturated heterocycles. The maximum absolute atomic E-state index is 12.8. The van der Waals surface area contributed by atoms with Gasteiger partial charge in [-0.1, -0.05) is 39.3 Å². The quantitative estimate of drug-likeness (QED) is 0.263. The SMILES string of the molecule is CC1(C)C(NC(=O)Nc2ccc(OCCCCCOCC(=O)O)cc2)C(C)(C)C1Oc1ccc(C#N)c(Cl)c1. The molecule has 0 radical (unpaired) electrons. The summed E-state index contributed by atoms with van der Waals surface area (Å²) in [6.07, 6.45) is 2.29. The normalized spacial score (nSPS) is 18.8. The topological polar surface area (TPSA) is 130 Å². The molecule has 0 aliphatic heterocycles. The minimum atomic E-state index is -0.963. The Bertz CT molecular complexity index is 1180. The average Bonchev–Trinajstić information content (AvgIpc) is 2.88. The van der Waals surface area contributed by atoms with Gasteiger partial charge in [0.05, 0.1) is 17.2 Å². The minimum Gasteiger partial charge on any atom is -0.494 e. The molecule has 210 valence electrons. The Kier molecular flexibility index (Phi) is 10.1. The molecule has 2 aromatic carbocycles. The number of hydrogen-bond donors (Lipinski definition) is 3. The predicted molar refractivity (Wildman–Crippen MR) is 148 cm³/mol. The van der Waals surface area contributed by atoms with Crippen molar-refractivity contribution in [3.8, 4) is 17.6 Å². The molecule has 1 aliphatic carbocycles. The molecule has 1 aliphatic rings. The number of ether oxygens (including phenoxy) is 3. The zero-order valence-electron chi connectivity index (χ0n) is 22.8. The standard InChI is InChI=1S/C29H36ClN3O6/c1-28(2)25(29(3,4)26(28)39-22-11-8-19(17-31)23(30)16-22)33-27(36)32-20-9-12-21(13-10-20)38-15-7-5-6-14-37-18-24(34)35/h8-13,16,25-26H,5-7,14-15,18H2,1-4H3,(H,34,35)(H2,32,33,36). The van der Waals surface area contributed by atoms with Gasteiger partial charge in [0.2, 0.25) is 0 Å². The van der Waals surface area contributed by atoms with Crippen LogP contribution in [0, 0.1) is 22.2 Å². The second-order valence-electron chi connectivity index (χ2n) is 10.8. The van der Waals surface area contributed by atoms with E-state index in [-0.39, 0.29) is 35.6 Å². The van der Waals surface area contributed by atoms with Crippen LogP contribution in [0.2, 0.25) is 5.02 Å². The zero-order valence-corrected chi connectivity index (χ0v) is 23.5. The number of hydrogen-bond acceptors (Lipinski definition) is 6. The van der Waals surface area contributed by atoms with Gasteiger partial charge in [-0.05, 0) is 55.7 Å². The van der Waals surface area contributed by atoms with Gasteiger partial charge < -0.3 is 30.0 Å². The number of carbonyl (C=O) groups is 2. The van der Waals surface area contributed by atoms with Gasteiger partial charge in [-0.3, -0.25) is 0 Å². The molecule has 0 unspecified atom stereocenters. The molecule has 3 rings (SSSR count). The number of nitrogens with one attached hydrogen (secondary N) is 2. The first-order valence-corrected chi connectivity index (χ1v) is 13.3. The summed E-state index contributed by atoms with van der Waals surface area (Å²) >= 11 is 6.17. The fraction of sp³-hybridized carbons (Fsp3) is 0.483. The highest BCUT2D eigenvalue weighted by atomic mass is 35.5. The van der Waals surface area contributed by atoms with E-state index in [1.165, 1.54) is 0 Å². The number of nitriles is 1. The van der Waals surface area contributed by atoms with E-state index in [2.05, 4.69) is 10.6 Å². The van der Waals surface area contributed by atoms with E-state index in [1.807, 2.05) is 33.8 Å². The Balaban J connectivity index is 1.44. The van der Waals surface area contributed by atoms with Gasteiger partial charge in [0.1, 0.15) is 30.3 Å². The van der Waals surface area contributed by atoms with Crippen molar-refractivity contribution in [3.05, 3.63) is 53.1 Å². The number of halogens is 1. The number of unbranched alkanes of at least 4 members (excludes halogenated alkanes) is 2. The molecule has 2 aromatic rings. The number of nitrogens with zero attached hydrogens (tertiary/aromatic N) is 1. The molecule has 3 N–H and O–H groups in total. The van der Waals surface area contributed by atoms with Crippen LogP contribution in [-0.2, 0) is 9.53 Å². The van der Waals surface area contributed by atoms with Crippen molar-refractivity contribution in [3.63, 3.8) is 0 Å². The third-order valence-electron chi connectivity index (χ3n) is 6.97. The fourth-order valence-electron chi connectivity index (χ4n) is 5.36. The zero-order chi connectivity index (χ0) is 28.6. The van der Waals surface area contributed by atoms with Crippen LogP contribution in [0.25, 0.3) is 0 Å². The number of benzene rings is 2. The van der Waals surface area contributed by atoms with Crippen molar-refractivity contribution in [2.24, 2.45) is 10.8 Å². The molecule has 0 heterocycles. The van der Waals surface area contributed by atoms with Gasteiger partial charge in [0.25, 0.3) is 0 Å². The number of carboxylic acids is 1. The molecule has 0 atom stereocenters.